The van der Waals surface area contributed by atoms with Crippen molar-refractivity contribution in [3.8, 4) is 5.75 Å². The molecule has 1 aromatic carbocycles. The minimum absolute atomic E-state index is 0.0817. The predicted octanol–water partition coefficient (Wildman–Crippen LogP) is 4.64. The van der Waals surface area contributed by atoms with Crippen molar-refractivity contribution >= 4 is 17.7 Å². The Morgan fingerprint density at radius 2 is 1.97 bits per heavy atom. The van der Waals surface area contributed by atoms with Crippen LogP contribution in [0.5, 0.6) is 5.75 Å². The molecule has 8 heteroatoms. The number of thioether (sulfide) groups is 1. The Labute approximate surface area is 187 Å². The molecule has 2 aromatic heterocycles. The number of furan rings is 1. The van der Waals surface area contributed by atoms with Crippen molar-refractivity contribution in [2.24, 2.45) is 5.92 Å². The predicted molar refractivity (Wildman–Crippen MR) is 121 cm³/mol. The summed E-state index contributed by atoms with van der Waals surface area (Å²) in [6, 6.07) is 11.6. The number of ether oxygens (including phenoxy) is 1. The van der Waals surface area contributed by atoms with E-state index in [1.165, 1.54) is 17.3 Å². The highest BCUT2D eigenvalue weighted by Gasteiger charge is 2.17. The number of rotatable bonds is 11. The maximum atomic E-state index is 12.4. The smallest absolute Gasteiger partial charge is 0.231 e. The molecule has 0 bridgehead atoms. The molecule has 0 radical (unpaired) electrons. The molecule has 0 saturated carbocycles. The first-order valence-corrected chi connectivity index (χ1v) is 11.5. The van der Waals surface area contributed by atoms with Crippen molar-refractivity contribution in [1.29, 1.82) is 0 Å². The van der Waals surface area contributed by atoms with Crippen LogP contribution in [0.25, 0.3) is 0 Å². The number of aryl methyl sites for hydroxylation is 1. The van der Waals surface area contributed by atoms with Gasteiger partial charge in [0.2, 0.25) is 5.91 Å². The molecule has 3 rings (SSSR count). The Kier molecular flexibility index (Phi) is 8.17. The van der Waals surface area contributed by atoms with Crippen LogP contribution in [0, 0.1) is 5.92 Å². The topological polar surface area (TPSA) is 82.2 Å². The van der Waals surface area contributed by atoms with E-state index in [1.807, 2.05) is 35.8 Å². The van der Waals surface area contributed by atoms with Gasteiger partial charge in [-0.15, -0.1) is 10.2 Å². The number of hydrogen-bond acceptors (Lipinski definition) is 6. The second-order valence-corrected chi connectivity index (χ2v) is 8.73. The highest BCUT2D eigenvalue weighted by Crippen LogP contribution is 2.21. The first-order valence-electron chi connectivity index (χ1n) is 10.6. The molecule has 0 aliphatic heterocycles. The second-order valence-electron chi connectivity index (χ2n) is 7.78. The largest absolute Gasteiger partial charge is 0.486 e. The van der Waals surface area contributed by atoms with E-state index in [9.17, 15) is 4.79 Å². The molecule has 31 heavy (non-hydrogen) atoms. The lowest BCUT2D eigenvalue weighted by Gasteiger charge is -2.14. The Bertz CT molecular complexity index is 952. The van der Waals surface area contributed by atoms with Gasteiger partial charge in [0.15, 0.2) is 11.0 Å². The second kappa shape index (κ2) is 11.0. The van der Waals surface area contributed by atoms with Crippen LogP contribution in [-0.2, 0) is 24.4 Å². The molecule has 166 valence electrons. The lowest BCUT2D eigenvalue weighted by Crippen LogP contribution is -2.28. The van der Waals surface area contributed by atoms with Crippen LogP contribution in [-0.4, -0.2) is 26.4 Å². The number of carbonyl (C=O) groups excluding carboxylic acids is 1. The van der Waals surface area contributed by atoms with Crippen LogP contribution in [0.15, 0.2) is 52.2 Å². The number of aromatic nitrogens is 3. The molecule has 3 aromatic rings. The van der Waals surface area contributed by atoms with Gasteiger partial charge in [-0.3, -0.25) is 4.79 Å². The summed E-state index contributed by atoms with van der Waals surface area (Å²) in [6.45, 7) is 9.38. The third-order valence-electron chi connectivity index (χ3n) is 4.72. The van der Waals surface area contributed by atoms with E-state index in [0.717, 1.165) is 35.5 Å². The van der Waals surface area contributed by atoms with Crippen LogP contribution in [0.3, 0.4) is 0 Å². The molecule has 1 amide bonds. The van der Waals surface area contributed by atoms with E-state index in [1.54, 1.807) is 6.26 Å². The monoisotopic (exact) mass is 442 g/mol. The molecular weight excluding hydrogens is 412 g/mol. The summed E-state index contributed by atoms with van der Waals surface area (Å²) >= 11 is 1.37. The fourth-order valence-corrected chi connectivity index (χ4v) is 3.85. The number of benzene rings is 1. The molecule has 2 heterocycles. The van der Waals surface area contributed by atoms with Crippen LogP contribution >= 0.6 is 11.8 Å². The number of amides is 1. The third kappa shape index (κ3) is 6.62. The fraction of sp³-hybridized carbons (Fsp3) is 0.435. The normalized spacial score (nSPS) is 12.2. The molecule has 1 atom stereocenters. The summed E-state index contributed by atoms with van der Waals surface area (Å²) in [5.41, 5.74) is 1.27. The van der Waals surface area contributed by atoms with Crippen molar-refractivity contribution < 1.29 is 13.9 Å². The van der Waals surface area contributed by atoms with Gasteiger partial charge < -0.3 is 19.0 Å². The third-order valence-corrected chi connectivity index (χ3v) is 5.69. The van der Waals surface area contributed by atoms with E-state index < -0.39 is 0 Å². The quantitative estimate of drug-likeness (QED) is 0.436. The highest BCUT2D eigenvalue weighted by atomic mass is 32.2. The first-order chi connectivity index (χ1) is 15.0. The van der Waals surface area contributed by atoms with Crippen LogP contribution in [0.1, 0.15) is 50.9 Å². The van der Waals surface area contributed by atoms with Gasteiger partial charge in [0.1, 0.15) is 18.1 Å². The Morgan fingerprint density at radius 1 is 1.19 bits per heavy atom. The fourth-order valence-electron chi connectivity index (χ4n) is 3.07. The summed E-state index contributed by atoms with van der Waals surface area (Å²) in [6.07, 6.45) is 2.60. The molecule has 7 nitrogen and oxygen atoms in total. The Balaban J connectivity index is 1.60. The Morgan fingerprint density at radius 3 is 2.61 bits per heavy atom. The summed E-state index contributed by atoms with van der Waals surface area (Å²) in [5.74, 6) is 2.86. The summed E-state index contributed by atoms with van der Waals surface area (Å²) in [7, 11) is 0. The average molecular weight is 443 g/mol. The molecular formula is C23H30N4O3S. The Hall–Kier alpha value is -2.74. The molecule has 1 N–H and O–H groups in total. The first kappa shape index (κ1) is 22.9. The number of nitrogens with one attached hydrogen (secondary N) is 1. The standard InChI is InChI=1S/C23H30N4O3S/c1-5-18-8-10-19(11-9-18)30-14-21-25-26-23(27(21)13-16(2)3)31-15-22(28)24-17(4)20-7-6-12-29-20/h6-12,16-17H,5,13-15H2,1-4H3,(H,24,28). The van der Waals surface area contributed by atoms with Gasteiger partial charge in [-0.2, -0.15) is 0 Å². The molecule has 1 unspecified atom stereocenters. The zero-order valence-electron chi connectivity index (χ0n) is 18.5. The van der Waals surface area contributed by atoms with Crippen molar-refractivity contribution in [2.75, 3.05) is 5.75 Å². The SMILES string of the molecule is CCc1ccc(OCc2nnc(SCC(=O)NC(C)c3ccco3)n2CC(C)C)cc1. The zero-order chi connectivity index (χ0) is 22.2. The average Bonchev–Trinajstić information content (AvgIpc) is 3.41. The lowest BCUT2D eigenvalue weighted by atomic mass is 10.2. The van der Waals surface area contributed by atoms with Gasteiger partial charge in [-0.25, -0.2) is 0 Å². The van der Waals surface area contributed by atoms with Crippen molar-refractivity contribution in [2.45, 2.75) is 58.5 Å². The molecule has 0 spiro atoms. The van der Waals surface area contributed by atoms with E-state index in [4.69, 9.17) is 9.15 Å². The lowest BCUT2D eigenvalue weighted by molar-refractivity contribution is -0.119. The van der Waals surface area contributed by atoms with Crippen molar-refractivity contribution in [1.82, 2.24) is 20.1 Å². The molecule has 0 aliphatic carbocycles. The zero-order valence-corrected chi connectivity index (χ0v) is 19.3. The molecule has 0 saturated heterocycles. The van der Waals surface area contributed by atoms with Gasteiger partial charge in [0, 0.05) is 6.54 Å². The number of nitrogens with zero attached hydrogens (tertiary/aromatic N) is 3. The minimum atomic E-state index is -0.181. The van der Waals surface area contributed by atoms with Crippen LogP contribution < -0.4 is 10.1 Å². The summed E-state index contributed by atoms with van der Waals surface area (Å²) in [4.78, 5) is 12.4. The highest BCUT2D eigenvalue weighted by molar-refractivity contribution is 7.99. The summed E-state index contributed by atoms with van der Waals surface area (Å²) < 4.78 is 13.3. The maximum Gasteiger partial charge on any atom is 0.231 e. The minimum Gasteiger partial charge on any atom is -0.486 e. The number of carbonyl (C=O) groups is 1. The van der Waals surface area contributed by atoms with E-state index in [0.29, 0.717) is 12.5 Å². The van der Waals surface area contributed by atoms with Gasteiger partial charge in [-0.05, 0) is 49.1 Å². The van der Waals surface area contributed by atoms with Crippen LogP contribution in [0.4, 0.5) is 0 Å². The maximum absolute atomic E-state index is 12.4. The molecule has 0 aliphatic rings. The van der Waals surface area contributed by atoms with E-state index in [-0.39, 0.29) is 17.7 Å². The van der Waals surface area contributed by atoms with Gasteiger partial charge in [0.05, 0.1) is 18.1 Å². The van der Waals surface area contributed by atoms with Crippen molar-refractivity contribution in [3.63, 3.8) is 0 Å². The van der Waals surface area contributed by atoms with Gasteiger partial charge in [0.25, 0.3) is 0 Å². The summed E-state index contributed by atoms with van der Waals surface area (Å²) in [5, 5.41) is 12.3. The number of hydrogen-bond donors (Lipinski definition) is 1. The van der Waals surface area contributed by atoms with E-state index in [2.05, 4.69) is 48.4 Å². The molecule has 0 fully saturated rings. The van der Waals surface area contributed by atoms with Crippen molar-refractivity contribution in [3.05, 3.63) is 59.8 Å². The van der Waals surface area contributed by atoms with Gasteiger partial charge >= 0.3 is 0 Å². The van der Waals surface area contributed by atoms with Crippen LogP contribution in [0.2, 0.25) is 0 Å². The van der Waals surface area contributed by atoms with Gasteiger partial charge in [-0.1, -0.05) is 44.7 Å². The van der Waals surface area contributed by atoms with E-state index >= 15 is 0 Å².